The highest BCUT2D eigenvalue weighted by atomic mass is 32.2. The van der Waals surface area contributed by atoms with Gasteiger partial charge in [-0.2, -0.15) is 0 Å². The average Bonchev–Trinajstić information content (AvgIpc) is 2.87. The molecular formula is C16H16N2O4S. The molecule has 1 aromatic heterocycles. The number of nitrogens with one attached hydrogen (secondary N) is 1. The number of aromatic nitrogens is 1. The molecule has 120 valence electrons. The number of anilines is 1. The molecule has 0 atom stereocenters. The number of rotatable bonds is 5. The van der Waals surface area contributed by atoms with Gasteiger partial charge in [0.15, 0.2) is 11.5 Å². The fraction of sp³-hybridized carbons (Fsp3) is 0.188. The van der Waals surface area contributed by atoms with Crippen LogP contribution < -0.4 is 9.46 Å². The fourth-order valence-electron chi connectivity index (χ4n) is 2.20. The molecular weight excluding hydrogens is 316 g/mol. The third-order valence-electron chi connectivity index (χ3n) is 3.19. The Morgan fingerprint density at radius 2 is 1.91 bits per heavy atom. The predicted molar refractivity (Wildman–Crippen MR) is 87.2 cm³/mol. The maximum Gasteiger partial charge on any atom is 0.261 e. The molecule has 0 aliphatic rings. The summed E-state index contributed by atoms with van der Waals surface area (Å²) < 4.78 is 38.0. The minimum Gasteiger partial charge on any atom is -0.494 e. The van der Waals surface area contributed by atoms with Gasteiger partial charge in [0.2, 0.25) is 0 Å². The summed E-state index contributed by atoms with van der Waals surface area (Å²) in [5.41, 5.74) is 1.65. The Morgan fingerprint density at radius 1 is 1.17 bits per heavy atom. The second-order valence-corrected chi connectivity index (χ2v) is 6.61. The summed E-state index contributed by atoms with van der Waals surface area (Å²) in [6.45, 7) is 4.14. The Kier molecular flexibility index (Phi) is 3.96. The highest BCUT2D eigenvalue weighted by Gasteiger charge is 2.15. The van der Waals surface area contributed by atoms with Gasteiger partial charge in [-0.25, -0.2) is 13.4 Å². The zero-order valence-electron chi connectivity index (χ0n) is 12.7. The topological polar surface area (TPSA) is 81.4 Å². The van der Waals surface area contributed by atoms with Crippen molar-refractivity contribution in [2.24, 2.45) is 0 Å². The van der Waals surface area contributed by atoms with Crippen molar-refractivity contribution in [3.63, 3.8) is 0 Å². The minimum atomic E-state index is -3.67. The lowest BCUT2D eigenvalue weighted by atomic mass is 10.3. The summed E-state index contributed by atoms with van der Waals surface area (Å²) in [4.78, 5) is 4.35. The van der Waals surface area contributed by atoms with E-state index in [0.29, 0.717) is 35.0 Å². The normalized spacial score (nSPS) is 11.6. The molecule has 0 saturated carbocycles. The number of aryl methyl sites for hydroxylation is 1. The molecule has 7 heteroatoms. The Hall–Kier alpha value is -2.54. The van der Waals surface area contributed by atoms with Crippen molar-refractivity contribution in [1.29, 1.82) is 0 Å². The molecule has 0 saturated heterocycles. The van der Waals surface area contributed by atoms with Crippen molar-refractivity contribution in [2.75, 3.05) is 11.3 Å². The van der Waals surface area contributed by atoms with E-state index in [9.17, 15) is 8.42 Å². The zero-order chi connectivity index (χ0) is 16.4. The molecule has 2 aromatic carbocycles. The van der Waals surface area contributed by atoms with Crippen LogP contribution in [0.3, 0.4) is 0 Å². The largest absolute Gasteiger partial charge is 0.494 e. The first-order valence-electron chi connectivity index (χ1n) is 7.11. The van der Waals surface area contributed by atoms with Crippen molar-refractivity contribution in [3.8, 4) is 5.75 Å². The van der Waals surface area contributed by atoms with Crippen molar-refractivity contribution in [2.45, 2.75) is 18.7 Å². The van der Waals surface area contributed by atoms with Crippen LogP contribution in [0.5, 0.6) is 5.75 Å². The van der Waals surface area contributed by atoms with Crippen LogP contribution in [0.25, 0.3) is 11.1 Å². The molecule has 6 nitrogen and oxygen atoms in total. The van der Waals surface area contributed by atoms with Gasteiger partial charge in [0.25, 0.3) is 10.0 Å². The Balaban J connectivity index is 1.86. The molecule has 0 bridgehead atoms. The second-order valence-electron chi connectivity index (χ2n) is 4.93. The van der Waals surface area contributed by atoms with E-state index in [2.05, 4.69) is 9.71 Å². The van der Waals surface area contributed by atoms with Crippen LogP contribution in [-0.4, -0.2) is 20.0 Å². The van der Waals surface area contributed by atoms with E-state index in [0.717, 1.165) is 0 Å². The summed E-state index contributed by atoms with van der Waals surface area (Å²) in [6.07, 6.45) is 0. The lowest BCUT2D eigenvalue weighted by Crippen LogP contribution is -2.12. The van der Waals surface area contributed by atoms with E-state index in [1.165, 1.54) is 12.1 Å². The van der Waals surface area contributed by atoms with Crippen LogP contribution >= 0.6 is 0 Å². The third-order valence-corrected chi connectivity index (χ3v) is 4.59. The first kappa shape index (κ1) is 15.4. The Labute approximate surface area is 134 Å². The lowest BCUT2D eigenvalue weighted by Gasteiger charge is -2.09. The predicted octanol–water partition coefficient (Wildman–Crippen LogP) is 3.34. The quantitative estimate of drug-likeness (QED) is 0.775. The van der Waals surface area contributed by atoms with Gasteiger partial charge in [-0.3, -0.25) is 4.72 Å². The van der Waals surface area contributed by atoms with Crippen LogP contribution in [-0.2, 0) is 10.0 Å². The Bertz CT molecular complexity index is 930. The van der Waals surface area contributed by atoms with E-state index < -0.39 is 10.0 Å². The third kappa shape index (κ3) is 3.29. The fourth-order valence-corrected chi connectivity index (χ4v) is 3.25. The molecule has 0 unspecified atom stereocenters. The van der Waals surface area contributed by atoms with Crippen LogP contribution in [0.4, 0.5) is 5.69 Å². The summed E-state index contributed by atoms with van der Waals surface area (Å²) in [7, 11) is -3.67. The van der Waals surface area contributed by atoms with Crippen molar-refractivity contribution in [3.05, 3.63) is 48.4 Å². The van der Waals surface area contributed by atoms with Gasteiger partial charge < -0.3 is 9.15 Å². The molecule has 3 aromatic rings. The van der Waals surface area contributed by atoms with Gasteiger partial charge in [0.1, 0.15) is 11.3 Å². The number of ether oxygens (including phenoxy) is 1. The number of hydrogen-bond donors (Lipinski definition) is 1. The van der Waals surface area contributed by atoms with Crippen molar-refractivity contribution < 1.29 is 17.6 Å². The maximum atomic E-state index is 12.4. The minimum absolute atomic E-state index is 0.164. The van der Waals surface area contributed by atoms with E-state index in [1.54, 1.807) is 37.3 Å². The molecule has 0 fully saturated rings. The summed E-state index contributed by atoms with van der Waals surface area (Å²) in [5, 5.41) is 0. The molecule has 0 amide bonds. The molecule has 0 spiro atoms. The smallest absolute Gasteiger partial charge is 0.261 e. The van der Waals surface area contributed by atoms with Gasteiger partial charge in [0, 0.05) is 6.92 Å². The molecule has 1 N–H and O–H groups in total. The van der Waals surface area contributed by atoms with E-state index in [4.69, 9.17) is 9.15 Å². The number of sulfonamides is 1. The average molecular weight is 332 g/mol. The number of oxazole rings is 1. The first-order valence-corrected chi connectivity index (χ1v) is 8.59. The van der Waals surface area contributed by atoms with Crippen LogP contribution in [0.1, 0.15) is 12.8 Å². The number of hydrogen-bond acceptors (Lipinski definition) is 5. The maximum absolute atomic E-state index is 12.4. The monoisotopic (exact) mass is 332 g/mol. The number of fused-ring (bicyclic) bond motifs is 1. The van der Waals surface area contributed by atoms with Crippen LogP contribution in [0.2, 0.25) is 0 Å². The van der Waals surface area contributed by atoms with Crippen LogP contribution in [0.15, 0.2) is 51.8 Å². The SMILES string of the molecule is CCOc1ccc(S(=O)(=O)Nc2ccc3oc(C)nc3c2)cc1. The molecule has 3 rings (SSSR count). The summed E-state index contributed by atoms with van der Waals surface area (Å²) in [5.74, 6) is 1.16. The highest BCUT2D eigenvalue weighted by Crippen LogP contribution is 2.23. The standard InChI is InChI=1S/C16H16N2O4S/c1-3-21-13-5-7-14(8-6-13)23(19,20)18-12-4-9-16-15(10-12)17-11(2)22-16/h4-10,18H,3H2,1-2H3. The molecule has 23 heavy (non-hydrogen) atoms. The summed E-state index contributed by atoms with van der Waals surface area (Å²) >= 11 is 0. The zero-order valence-corrected chi connectivity index (χ0v) is 13.6. The van der Waals surface area contributed by atoms with Gasteiger partial charge >= 0.3 is 0 Å². The van der Waals surface area contributed by atoms with Gasteiger partial charge in [-0.15, -0.1) is 0 Å². The molecule has 1 heterocycles. The molecule has 0 aliphatic carbocycles. The highest BCUT2D eigenvalue weighted by molar-refractivity contribution is 7.92. The first-order chi connectivity index (χ1) is 11.0. The molecule has 0 aliphatic heterocycles. The van der Waals surface area contributed by atoms with Crippen LogP contribution in [0, 0.1) is 6.92 Å². The van der Waals surface area contributed by atoms with Gasteiger partial charge in [-0.05, 0) is 49.4 Å². The van der Waals surface area contributed by atoms with E-state index >= 15 is 0 Å². The van der Waals surface area contributed by atoms with E-state index in [1.807, 2.05) is 6.92 Å². The lowest BCUT2D eigenvalue weighted by molar-refractivity contribution is 0.340. The summed E-state index contributed by atoms with van der Waals surface area (Å²) in [6, 6.07) is 11.2. The van der Waals surface area contributed by atoms with Gasteiger partial charge in [-0.1, -0.05) is 0 Å². The molecule has 0 radical (unpaired) electrons. The van der Waals surface area contributed by atoms with Crippen molar-refractivity contribution >= 4 is 26.8 Å². The van der Waals surface area contributed by atoms with E-state index in [-0.39, 0.29) is 4.90 Å². The number of nitrogens with zero attached hydrogens (tertiary/aromatic N) is 1. The van der Waals surface area contributed by atoms with Crippen molar-refractivity contribution in [1.82, 2.24) is 4.98 Å². The Morgan fingerprint density at radius 3 is 2.61 bits per heavy atom. The van der Waals surface area contributed by atoms with Gasteiger partial charge in [0.05, 0.1) is 17.2 Å². The number of benzene rings is 2. The second kappa shape index (κ2) is 5.92.